The normalized spacial score (nSPS) is 10.7. The fraction of sp³-hybridized carbons (Fsp3) is 0.0455. The zero-order chi connectivity index (χ0) is 21.3. The first-order chi connectivity index (χ1) is 14.4. The van der Waals surface area contributed by atoms with Crippen LogP contribution >= 0.6 is 23.6 Å². The van der Waals surface area contributed by atoms with E-state index in [1.54, 1.807) is 19.1 Å². The third kappa shape index (κ3) is 4.14. The number of aromatic hydroxyl groups is 1. The first kappa shape index (κ1) is 19.9. The number of benzene rings is 3. The van der Waals surface area contributed by atoms with Crippen LogP contribution in [0.3, 0.4) is 0 Å². The number of anilines is 1. The van der Waals surface area contributed by atoms with Crippen molar-refractivity contribution in [1.82, 2.24) is 10.3 Å². The molecule has 4 rings (SSSR count). The molecule has 30 heavy (non-hydrogen) atoms. The van der Waals surface area contributed by atoms with Gasteiger partial charge in [-0.25, -0.2) is 9.37 Å². The van der Waals surface area contributed by atoms with Crippen molar-refractivity contribution in [3.63, 3.8) is 0 Å². The number of thiocarbonyl (C=S) groups is 1. The fourth-order valence-electron chi connectivity index (χ4n) is 2.97. The summed E-state index contributed by atoms with van der Waals surface area (Å²) in [5.41, 5.74) is 2.80. The summed E-state index contributed by atoms with van der Waals surface area (Å²) in [6.45, 7) is 1.77. The van der Waals surface area contributed by atoms with Crippen molar-refractivity contribution in [2.75, 3.05) is 5.32 Å². The van der Waals surface area contributed by atoms with Crippen LogP contribution in [0, 0.1) is 12.7 Å². The molecule has 0 spiro atoms. The number of nitrogens with one attached hydrogen (secondary N) is 2. The van der Waals surface area contributed by atoms with Gasteiger partial charge in [0.25, 0.3) is 5.91 Å². The smallest absolute Gasteiger partial charge is 0.257 e. The number of halogens is 1. The maximum Gasteiger partial charge on any atom is 0.257 e. The van der Waals surface area contributed by atoms with Crippen molar-refractivity contribution in [3.05, 3.63) is 77.6 Å². The molecule has 5 nitrogen and oxygen atoms in total. The molecule has 1 amide bonds. The number of carbonyl (C=O) groups is 1. The minimum absolute atomic E-state index is 0.0598. The Balaban J connectivity index is 1.57. The topological polar surface area (TPSA) is 74.2 Å². The van der Waals surface area contributed by atoms with Gasteiger partial charge in [0.15, 0.2) is 5.11 Å². The summed E-state index contributed by atoms with van der Waals surface area (Å²) in [4.78, 5) is 16.8. The molecule has 150 valence electrons. The van der Waals surface area contributed by atoms with Crippen molar-refractivity contribution in [2.45, 2.75) is 6.92 Å². The number of aryl methyl sites for hydroxylation is 1. The molecular weight excluding hydrogens is 421 g/mol. The third-order valence-electron chi connectivity index (χ3n) is 4.40. The first-order valence-corrected chi connectivity index (χ1v) is 10.2. The number of amides is 1. The molecule has 4 aromatic rings. The van der Waals surface area contributed by atoms with Gasteiger partial charge >= 0.3 is 0 Å². The van der Waals surface area contributed by atoms with E-state index >= 15 is 0 Å². The van der Waals surface area contributed by atoms with Crippen molar-refractivity contribution < 1.29 is 14.3 Å². The van der Waals surface area contributed by atoms with E-state index in [-0.39, 0.29) is 16.4 Å². The van der Waals surface area contributed by atoms with E-state index in [9.17, 15) is 14.3 Å². The van der Waals surface area contributed by atoms with Gasteiger partial charge in [0, 0.05) is 11.3 Å². The van der Waals surface area contributed by atoms with Crippen molar-refractivity contribution >= 4 is 50.5 Å². The van der Waals surface area contributed by atoms with E-state index < -0.39 is 11.7 Å². The number of carbonyl (C=O) groups excluding carboxylic acids is 1. The number of hydrogen-bond acceptors (Lipinski definition) is 5. The summed E-state index contributed by atoms with van der Waals surface area (Å²) in [5, 5.41) is 16.8. The molecule has 0 aliphatic rings. The molecule has 0 unspecified atom stereocenters. The molecule has 3 aromatic carbocycles. The quantitative estimate of drug-likeness (QED) is 0.302. The number of rotatable bonds is 3. The van der Waals surface area contributed by atoms with Gasteiger partial charge in [0.05, 0.1) is 15.8 Å². The van der Waals surface area contributed by atoms with Crippen LogP contribution in [0.5, 0.6) is 5.75 Å². The fourth-order valence-corrected chi connectivity index (χ4v) is 4.16. The Morgan fingerprint density at radius 1 is 1.13 bits per heavy atom. The van der Waals surface area contributed by atoms with E-state index in [2.05, 4.69) is 15.6 Å². The molecule has 0 aliphatic heterocycles. The molecule has 1 heterocycles. The SMILES string of the molecule is Cc1cc(NC(=S)NC(=O)c2cccc(F)c2)cc(-c2nc3ccccc3s2)c1O. The average Bonchev–Trinajstić information content (AvgIpc) is 3.14. The molecule has 3 N–H and O–H groups in total. The number of para-hydroxylation sites is 1. The monoisotopic (exact) mass is 437 g/mol. The highest BCUT2D eigenvalue weighted by atomic mass is 32.1. The molecule has 1 aromatic heterocycles. The molecule has 0 saturated carbocycles. The number of phenolic OH excluding ortho intramolecular Hbond substituents is 1. The second kappa shape index (κ2) is 8.17. The van der Waals surface area contributed by atoms with Crippen LogP contribution in [0.25, 0.3) is 20.8 Å². The Morgan fingerprint density at radius 2 is 1.93 bits per heavy atom. The van der Waals surface area contributed by atoms with E-state index in [1.807, 2.05) is 24.3 Å². The predicted molar refractivity (Wildman–Crippen MR) is 122 cm³/mol. The Morgan fingerprint density at radius 3 is 2.70 bits per heavy atom. The summed E-state index contributed by atoms with van der Waals surface area (Å²) in [5.74, 6) is -0.889. The van der Waals surface area contributed by atoms with Crippen LogP contribution in [0.1, 0.15) is 15.9 Å². The number of phenols is 1. The van der Waals surface area contributed by atoms with E-state index in [0.717, 1.165) is 16.3 Å². The highest BCUT2D eigenvalue weighted by Crippen LogP contribution is 2.38. The maximum absolute atomic E-state index is 13.3. The highest BCUT2D eigenvalue weighted by Gasteiger charge is 2.15. The van der Waals surface area contributed by atoms with Crippen molar-refractivity contribution in [3.8, 4) is 16.3 Å². The molecular formula is C22H16FN3O2S2. The van der Waals surface area contributed by atoms with Crippen molar-refractivity contribution in [2.24, 2.45) is 0 Å². The van der Waals surface area contributed by atoms with Gasteiger partial charge in [-0.2, -0.15) is 0 Å². The minimum Gasteiger partial charge on any atom is -0.507 e. The molecule has 0 fully saturated rings. The minimum atomic E-state index is -0.520. The largest absolute Gasteiger partial charge is 0.507 e. The third-order valence-corrected chi connectivity index (χ3v) is 5.67. The van der Waals surface area contributed by atoms with E-state index in [4.69, 9.17) is 12.2 Å². The van der Waals surface area contributed by atoms with Crippen LogP contribution < -0.4 is 10.6 Å². The molecule has 0 atom stereocenters. The van der Waals surface area contributed by atoms with E-state index in [1.165, 1.54) is 29.5 Å². The van der Waals surface area contributed by atoms with Gasteiger partial charge in [-0.1, -0.05) is 18.2 Å². The molecule has 0 bridgehead atoms. The Hall–Kier alpha value is -3.36. The zero-order valence-electron chi connectivity index (χ0n) is 15.8. The van der Waals surface area contributed by atoms with Gasteiger partial charge in [0.1, 0.15) is 16.6 Å². The lowest BCUT2D eigenvalue weighted by Crippen LogP contribution is -2.34. The number of nitrogens with zero attached hydrogens (tertiary/aromatic N) is 1. The second-order valence-corrected chi connectivity index (χ2v) is 8.03. The molecule has 8 heteroatoms. The maximum atomic E-state index is 13.3. The highest BCUT2D eigenvalue weighted by molar-refractivity contribution is 7.80. The van der Waals surface area contributed by atoms with Crippen LogP contribution in [0.15, 0.2) is 60.7 Å². The van der Waals surface area contributed by atoms with E-state index in [0.29, 0.717) is 21.8 Å². The lowest BCUT2D eigenvalue weighted by molar-refractivity contribution is 0.0977. The lowest BCUT2D eigenvalue weighted by atomic mass is 10.1. The zero-order valence-corrected chi connectivity index (χ0v) is 17.4. The van der Waals surface area contributed by atoms with Gasteiger partial charge in [-0.3, -0.25) is 10.1 Å². The first-order valence-electron chi connectivity index (χ1n) is 8.98. The summed E-state index contributed by atoms with van der Waals surface area (Å²) >= 11 is 6.69. The van der Waals surface area contributed by atoms with Gasteiger partial charge in [-0.15, -0.1) is 11.3 Å². The second-order valence-electron chi connectivity index (χ2n) is 6.59. The summed E-state index contributed by atoms with van der Waals surface area (Å²) in [6.07, 6.45) is 0. The Bertz CT molecular complexity index is 1250. The average molecular weight is 438 g/mol. The molecule has 0 aliphatic carbocycles. The van der Waals surface area contributed by atoms with Crippen LogP contribution in [-0.2, 0) is 0 Å². The van der Waals surface area contributed by atoms with Crippen molar-refractivity contribution in [1.29, 1.82) is 0 Å². The molecule has 0 saturated heterocycles. The van der Waals surface area contributed by atoms with Gasteiger partial charge < -0.3 is 10.4 Å². The van der Waals surface area contributed by atoms with Crippen LogP contribution in [-0.4, -0.2) is 21.1 Å². The summed E-state index contributed by atoms with van der Waals surface area (Å²) in [7, 11) is 0. The number of aromatic nitrogens is 1. The van der Waals surface area contributed by atoms with Crippen LogP contribution in [0.2, 0.25) is 0 Å². The summed E-state index contributed by atoms with van der Waals surface area (Å²) < 4.78 is 14.3. The van der Waals surface area contributed by atoms with Gasteiger partial charge in [-0.05, 0) is 67.2 Å². The predicted octanol–water partition coefficient (Wildman–Crippen LogP) is 5.24. The number of hydrogen-bond donors (Lipinski definition) is 3. The molecule has 0 radical (unpaired) electrons. The van der Waals surface area contributed by atoms with Gasteiger partial charge in [0.2, 0.25) is 0 Å². The number of thiazole rings is 1. The lowest BCUT2D eigenvalue weighted by Gasteiger charge is -2.13. The number of fused-ring (bicyclic) bond motifs is 1. The Kier molecular flexibility index (Phi) is 5.43. The Labute approximate surface area is 181 Å². The standard InChI is InChI=1S/C22H16FN3O2S2/c1-12-9-15(24-22(29)26-20(28)13-5-4-6-14(23)10-13)11-16(19(12)27)21-25-17-7-2-3-8-18(17)30-21/h2-11,27H,1H3,(H2,24,26,28,29). The van der Waals surface area contributed by atoms with Crippen LogP contribution in [0.4, 0.5) is 10.1 Å². The summed E-state index contributed by atoms with van der Waals surface area (Å²) in [6, 6.07) is 16.5.